The molecule has 0 radical (unpaired) electrons. The van der Waals surface area contributed by atoms with Crippen LogP contribution in [0.5, 0.6) is 0 Å². The summed E-state index contributed by atoms with van der Waals surface area (Å²) < 4.78 is 3.71. The fraction of sp³-hybridized carbons (Fsp3) is 0.167. The fourth-order valence-corrected chi connectivity index (χ4v) is 2.19. The molecule has 6 heteroatoms. The molecule has 5 nitrogen and oxygen atoms in total. The highest BCUT2D eigenvalue weighted by atomic mass is 35.5. The van der Waals surface area contributed by atoms with Crippen LogP contribution in [0.2, 0.25) is 5.02 Å². The standard InChI is InChI=1S/C12H12ClN5/c1-17-6-8(5-15-17)7-18-11-3-2-9(13)4-10(11)16-12(18)14/h2-6H,7H2,1H3,(H2,14,16). The Morgan fingerprint density at radius 2 is 2.22 bits per heavy atom. The lowest BCUT2D eigenvalue weighted by Crippen LogP contribution is -2.03. The van der Waals surface area contributed by atoms with Crippen LogP contribution in [0.3, 0.4) is 0 Å². The molecule has 0 spiro atoms. The zero-order valence-corrected chi connectivity index (χ0v) is 10.6. The molecule has 0 aliphatic carbocycles. The number of anilines is 1. The van der Waals surface area contributed by atoms with Gasteiger partial charge in [-0.3, -0.25) is 4.68 Å². The van der Waals surface area contributed by atoms with E-state index >= 15 is 0 Å². The molecule has 0 atom stereocenters. The van der Waals surface area contributed by atoms with Crippen LogP contribution in [0.25, 0.3) is 11.0 Å². The van der Waals surface area contributed by atoms with Crippen LogP contribution in [0, 0.1) is 0 Å². The third-order valence-electron chi connectivity index (χ3n) is 2.84. The van der Waals surface area contributed by atoms with E-state index < -0.39 is 0 Å². The van der Waals surface area contributed by atoms with Crippen molar-refractivity contribution >= 4 is 28.6 Å². The lowest BCUT2D eigenvalue weighted by Gasteiger charge is -2.04. The number of hydrogen-bond acceptors (Lipinski definition) is 3. The molecule has 0 unspecified atom stereocenters. The monoisotopic (exact) mass is 261 g/mol. The van der Waals surface area contributed by atoms with Gasteiger partial charge in [0, 0.05) is 23.8 Å². The molecule has 3 aromatic rings. The van der Waals surface area contributed by atoms with Crippen LogP contribution in [-0.4, -0.2) is 19.3 Å². The fourth-order valence-electron chi connectivity index (χ4n) is 2.02. The Bertz CT molecular complexity index is 712. The third kappa shape index (κ3) is 1.82. The first-order valence-electron chi connectivity index (χ1n) is 5.52. The van der Waals surface area contributed by atoms with E-state index in [2.05, 4.69) is 10.1 Å². The Morgan fingerprint density at radius 1 is 1.39 bits per heavy atom. The average Bonchev–Trinajstić information content (AvgIpc) is 2.84. The summed E-state index contributed by atoms with van der Waals surface area (Å²) in [5, 5.41) is 4.80. The van der Waals surface area contributed by atoms with Crippen molar-refractivity contribution in [1.82, 2.24) is 19.3 Å². The number of imidazole rings is 1. The van der Waals surface area contributed by atoms with E-state index in [0.717, 1.165) is 16.6 Å². The van der Waals surface area contributed by atoms with Gasteiger partial charge in [-0.15, -0.1) is 0 Å². The maximum absolute atomic E-state index is 5.94. The van der Waals surface area contributed by atoms with Crippen LogP contribution in [0.15, 0.2) is 30.6 Å². The molecule has 92 valence electrons. The molecule has 0 bridgehead atoms. The number of aromatic nitrogens is 4. The second-order valence-electron chi connectivity index (χ2n) is 4.21. The quantitative estimate of drug-likeness (QED) is 0.768. The van der Waals surface area contributed by atoms with Crippen molar-refractivity contribution in [1.29, 1.82) is 0 Å². The van der Waals surface area contributed by atoms with E-state index in [1.807, 2.05) is 42.2 Å². The maximum Gasteiger partial charge on any atom is 0.201 e. The van der Waals surface area contributed by atoms with Gasteiger partial charge in [0.15, 0.2) is 0 Å². The molecular formula is C12H12ClN5. The number of rotatable bonds is 2. The minimum Gasteiger partial charge on any atom is -0.369 e. The SMILES string of the molecule is Cn1cc(Cn2c(N)nc3cc(Cl)ccc32)cn1. The van der Waals surface area contributed by atoms with E-state index in [9.17, 15) is 0 Å². The molecule has 2 heterocycles. The molecule has 1 aromatic carbocycles. The van der Waals surface area contributed by atoms with Gasteiger partial charge in [-0.05, 0) is 18.2 Å². The van der Waals surface area contributed by atoms with Crippen LogP contribution < -0.4 is 5.73 Å². The molecule has 2 aromatic heterocycles. The van der Waals surface area contributed by atoms with Crippen molar-refractivity contribution in [3.05, 3.63) is 41.2 Å². The Labute approximate surface area is 109 Å². The van der Waals surface area contributed by atoms with Crippen LogP contribution >= 0.6 is 11.6 Å². The molecule has 0 aliphatic rings. The van der Waals surface area contributed by atoms with Crippen LogP contribution in [0.1, 0.15) is 5.56 Å². The molecule has 0 saturated carbocycles. The van der Waals surface area contributed by atoms with E-state index in [0.29, 0.717) is 17.5 Å². The molecule has 0 aliphatic heterocycles. The highest BCUT2D eigenvalue weighted by Gasteiger charge is 2.09. The van der Waals surface area contributed by atoms with E-state index in [1.54, 1.807) is 4.68 Å². The summed E-state index contributed by atoms with van der Waals surface area (Å²) in [4.78, 5) is 4.31. The number of hydrogen-bond donors (Lipinski definition) is 1. The first-order chi connectivity index (χ1) is 8.63. The van der Waals surface area contributed by atoms with Crippen molar-refractivity contribution in [2.75, 3.05) is 5.73 Å². The largest absolute Gasteiger partial charge is 0.369 e. The highest BCUT2D eigenvalue weighted by molar-refractivity contribution is 6.31. The molecule has 0 fully saturated rings. The van der Waals surface area contributed by atoms with Gasteiger partial charge in [0.25, 0.3) is 0 Å². The van der Waals surface area contributed by atoms with Crippen molar-refractivity contribution in [3.8, 4) is 0 Å². The summed E-state index contributed by atoms with van der Waals surface area (Å²) in [7, 11) is 1.89. The highest BCUT2D eigenvalue weighted by Crippen LogP contribution is 2.22. The van der Waals surface area contributed by atoms with Gasteiger partial charge < -0.3 is 10.3 Å². The number of halogens is 1. The minimum atomic E-state index is 0.483. The molecule has 18 heavy (non-hydrogen) atoms. The predicted molar refractivity (Wildman–Crippen MR) is 71.5 cm³/mol. The lowest BCUT2D eigenvalue weighted by atomic mass is 10.3. The summed E-state index contributed by atoms with van der Waals surface area (Å²) in [6, 6.07) is 5.58. The van der Waals surface area contributed by atoms with Crippen molar-refractivity contribution in [2.45, 2.75) is 6.54 Å². The molecule has 2 N–H and O–H groups in total. The Hall–Kier alpha value is -2.01. The second-order valence-corrected chi connectivity index (χ2v) is 4.65. The predicted octanol–water partition coefficient (Wildman–Crippen LogP) is 2.05. The Kier molecular flexibility index (Phi) is 2.48. The van der Waals surface area contributed by atoms with Crippen molar-refractivity contribution in [2.24, 2.45) is 7.05 Å². The van der Waals surface area contributed by atoms with Gasteiger partial charge in [-0.25, -0.2) is 4.98 Å². The summed E-state index contributed by atoms with van der Waals surface area (Å²) in [5.41, 5.74) is 8.80. The van der Waals surface area contributed by atoms with Gasteiger partial charge in [0.05, 0.1) is 23.8 Å². The number of aryl methyl sites for hydroxylation is 1. The first kappa shape index (κ1) is 11.1. The number of nitrogen functional groups attached to an aromatic ring is 1. The first-order valence-corrected chi connectivity index (χ1v) is 5.90. The summed E-state index contributed by atoms with van der Waals surface area (Å²) in [5.74, 6) is 0.483. The second kappa shape index (κ2) is 4.03. The molecule has 0 amide bonds. The number of nitrogens with two attached hydrogens (primary N) is 1. The minimum absolute atomic E-state index is 0.483. The summed E-state index contributed by atoms with van der Waals surface area (Å²) in [6.45, 7) is 0.651. The molecule has 3 rings (SSSR count). The maximum atomic E-state index is 5.94. The number of benzene rings is 1. The van der Waals surface area contributed by atoms with Crippen molar-refractivity contribution in [3.63, 3.8) is 0 Å². The zero-order valence-electron chi connectivity index (χ0n) is 9.84. The van der Waals surface area contributed by atoms with Crippen molar-refractivity contribution < 1.29 is 0 Å². The Morgan fingerprint density at radius 3 is 2.94 bits per heavy atom. The number of fused-ring (bicyclic) bond motifs is 1. The lowest BCUT2D eigenvalue weighted by molar-refractivity contribution is 0.765. The number of nitrogens with zero attached hydrogens (tertiary/aromatic N) is 4. The van der Waals surface area contributed by atoms with Gasteiger partial charge in [-0.2, -0.15) is 5.10 Å². The van der Waals surface area contributed by atoms with Crippen LogP contribution in [0.4, 0.5) is 5.95 Å². The van der Waals surface area contributed by atoms with E-state index in [-0.39, 0.29) is 0 Å². The van der Waals surface area contributed by atoms with Gasteiger partial charge >= 0.3 is 0 Å². The van der Waals surface area contributed by atoms with Gasteiger partial charge in [0.1, 0.15) is 0 Å². The zero-order chi connectivity index (χ0) is 12.7. The Balaban J connectivity index is 2.08. The van der Waals surface area contributed by atoms with E-state index in [1.165, 1.54) is 0 Å². The topological polar surface area (TPSA) is 61.7 Å². The smallest absolute Gasteiger partial charge is 0.201 e. The third-order valence-corrected chi connectivity index (χ3v) is 3.07. The van der Waals surface area contributed by atoms with E-state index in [4.69, 9.17) is 17.3 Å². The van der Waals surface area contributed by atoms with Gasteiger partial charge in [-0.1, -0.05) is 11.6 Å². The normalized spacial score (nSPS) is 11.2. The summed E-state index contributed by atoms with van der Waals surface area (Å²) >= 11 is 5.94. The van der Waals surface area contributed by atoms with Gasteiger partial charge in [0.2, 0.25) is 5.95 Å². The molecular weight excluding hydrogens is 250 g/mol. The molecule has 0 saturated heterocycles. The average molecular weight is 262 g/mol. The van der Waals surface area contributed by atoms with Crippen LogP contribution in [-0.2, 0) is 13.6 Å². The summed E-state index contributed by atoms with van der Waals surface area (Å²) in [6.07, 6.45) is 3.78.